The number of hydrogen-bond donors (Lipinski definition) is 1. The summed E-state index contributed by atoms with van der Waals surface area (Å²) in [6.07, 6.45) is 9.25. The molecule has 2 aliphatic rings. The van der Waals surface area contributed by atoms with Crippen LogP contribution in [0.4, 0.5) is 0 Å². The van der Waals surface area contributed by atoms with Crippen molar-refractivity contribution in [1.29, 1.82) is 0 Å². The summed E-state index contributed by atoms with van der Waals surface area (Å²) in [6.45, 7) is 4.94. The lowest BCUT2D eigenvalue weighted by atomic mass is 9.68. The molecule has 0 saturated heterocycles. The van der Waals surface area contributed by atoms with E-state index < -0.39 is 0 Å². The van der Waals surface area contributed by atoms with Gasteiger partial charge in [-0.2, -0.15) is 0 Å². The Kier molecular flexibility index (Phi) is 5.05. The molecule has 1 atom stereocenters. The molecule has 2 saturated carbocycles. The maximum atomic E-state index is 13.0. The summed E-state index contributed by atoms with van der Waals surface area (Å²) in [5.74, 6) is 0.445. The average Bonchev–Trinajstić information content (AvgIpc) is 2.88. The molecule has 0 aromatic heterocycles. The van der Waals surface area contributed by atoms with Gasteiger partial charge in [-0.15, -0.1) is 0 Å². The van der Waals surface area contributed by atoms with Crippen molar-refractivity contribution in [2.45, 2.75) is 71.3 Å². The van der Waals surface area contributed by atoms with E-state index in [9.17, 15) is 4.79 Å². The largest absolute Gasteiger partial charge is 0.392 e. The van der Waals surface area contributed by atoms with Crippen molar-refractivity contribution < 1.29 is 4.79 Å². The first-order valence-corrected chi connectivity index (χ1v) is 8.41. The normalized spacial score (nSPS) is 26.4. The van der Waals surface area contributed by atoms with Gasteiger partial charge in [-0.25, -0.2) is 0 Å². The fourth-order valence-corrected chi connectivity index (χ4v) is 4.06. The van der Waals surface area contributed by atoms with E-state index in [1.165, 1.54) is 25.7 Å². The van der Waals surface area contributed by atoms with Crippen molar-refractivity contribution >= 4 is 23.1 Å². The molecule has 0 aromatic carbocycles. The zero-order chi connectivity index (χ0) is 14.8. The highest BCUT2D eigenvalue weighted by atomic mass is 32.1. The summed E-state index contributed by atoms with van der Waals surface area (Å²) in [5, 5.41) is 0. The van der Waals surface area contributed by atoms with E-state index in [2.05, 4.69) is 13.8 Å². The Hall–Kier alpha value is -0.640. The lowest BCUT2D eigenvalue weighted by molar-refractivity contribution is -0.142. The van der Waals surface area contributed by atoms with Gasteiger partial charge in [0.15, 0.2) is 0 Å². The maximum absolute atomic E-state index is 13.0. The highest BCUT2D eigenvalue weighted by molar-refractivity contribution is 7.80. The van der Waals surface area contributed by atoms with Gasteiger partial charge in [0, 0.05) is 12.0 Å². The molecular weight excluding hydrogens is 268 g/mol. The molecule has 4 heteroatoms. The topological polar surface area (TPSA) is 46.3 Å². The van der Waals surface area contributed by atoms with Gasteiger partial charge in [-0.1, -0.05) is 51.7 Å². The zero-order valence-corrected chi connectivity index (χ0v) is 13.7. The van der Waals surface area contributed by atoms with Gasteiger partial charge < -0.3 is 10.6 Å². The molecule has 2 N–H and O–H groups in total. The second kappa shape index (κ2) is 6.42. The first kappa shape index (κ1) is 15.7. The van der Waals surface area contributed by atoms with Crippen LogP contribution in [0.1, 0.15) is 65.2 Å². The van der Waals surface area contributed by atoms with E-state index in [1.54, 1.807) is 0 Å². The van der Waals surface area contributed by atoms with Crippen molar-refractivity contribution in [2.24, 2.45) is 17.1 Å². The van der Waals surface area contributed by atoms with Crippen LogP contribution in [0, 0.1) is 11.3 Å². The molecule has 1 amide bonds. The number of hydrogen-bond acceptors (Lipinski definition) is 2. The third-order valence-electron chi connectivity index (χ3n) is 5.18. The quantitative estimate of drug-likeness (QED) is 0.810. The molecule has 2 aliphatic carbocycles. The molecule has 114 valence electrons. The summed E-state index contributed by atoms with van der Waals surface area (Å²) in [5.41, 5.74) is 5.85. The van der Waals surface area contributed by atoms with Crippen LogP contribution in [-0.4, -0.2) is 28.4 Å². The van der Waals surface area contributed by atoms with Crippen LogP contribution < -0.4 is 5.73 Å². The van der Waals surface area contributed by atoms with Crippen LogP contribution in [0.15, 0.2) is 0 Å². The van der Waals surface area contributed by atoms with Crippen LogP contribution in [-0.2, 0) is 4.79 Å². The second-order valence-electron chi connectivity index (χ2n) is 7.16. The Morgan fingerprint density at radius 1 is 1.20 bits per heavy atom. The van der Waals surface area contributed by atoms with Crippen molar-refractivity contribution in [3.8, 4) is 0 Å². The van der Waals surface area contributed by atoms with E-state index in [4.69, 9.17) is 18.0 Å². The summed E-state index contributed by atoms with van der Waals surface area (Å²) in [4.78, 5) is 15.5. The Morgan fingerprint density at radius 2 is 1.80 bits per heavy atom. The summed E-state index contributed by atoms with van der Waals surface area (Å²) in [6, 6.07) is 0.363. The number of nitrogens with zero attached hydrogens (tertiary/aromatic N) is 1. The first-order chi connectivity index (χ1) is 9.42. The second-order valence-corrected chi connectivity index (χ2v) is 7.68. The van der Waals surface area contributed by atoms with Crippen LogP contribution in [0.3, 0.4) is 0 Å². The molecule has 1 unspecified atom stereocenters. The molecule has 2 rings (SSSR count). The number of carbonyl (C=O) groups is 1. The highest BCUT2D eigenvalue weighted by Gasteiger charge is 2.41. The van der Waals surface area contributed by atoms with Gasteiger partial charge >= 0.3 is 0 Å². The van der Waals surface area contributed by atoms with Gasteiger partial charge in [-0.3, -0.25) is 4.79 Å². The molecule has 0 radical (unpaired) electrons. The Balaban J connectivity index is 2.14. The monoisotopic (exact) mass is 296 g/mol. The minimum absolute atomic E-state index is 0.113. The number of nitrogens with two attached hydrogens (primary N) is 1. The Morgan fingerprint density at radius 3 is 2.35 bits per heavy atom. The van der Waals surface area contributed by atoms with Crippen molar-refractivity contribution in [1.82, 2.24) is 4.90 Å². The predicted octanol–water partition coefficient (Wildman–Crippen LogP) is 3.26. The molecule has 20 heavy (non-hydrogen) atoms. The number of rotatable bonds is 4. The van der Waals surface area contributed by atoms with Crippen LogP contribution >= 0.6 is 12.2 Å². The Bertz CT molecular complexity index is 375. The predicted molar refractivity (Wildman–Crippen MR) is 86.5 cm³/mol. The lowest BCUT2D eigenvalue weighted by Gasteiger charge is -2.41. The van der Waals surface area contributed by atoms with Crippen molar-refractivity contribution in [3.63, 3.8) is 0 Å². The summed E-state index contributed by atoms with van der Waals surface area (Å²) >= 11 is 5.07. The molecule has 0 bridgehead atoms. The molecule has 0 spiro atoms. The minimum atomic E-state index is 0.113. The molecule has 0 aliphatic heterocycles. The third kappa shape index (κ3) is 3.51. The third-order valence-corrected chi connectivity index (χ3v) is 5.31. The smallest absolute Gasteiger partial charge is 0.226 e. The van der Waals surface area contributed by atoms with Gasteiger partial charge in [0.1, 0.15) is 0 Å². The van der Waals surface area contributed by atoms with Gasteiger partial charge in [0.25, 0.3) is 0 Å². The Labute approximate surface area is 128 Å². The number of amides is 1. The van der Waals surface area contributed by atoms with Gasteiger partial charge in [0.2, 0.25) is 5.91 Å². The minimum Gasteiger partial charge on any atom is -0.392 e. The molecule has 0 heterocycles. The highest BCUT2D eigenvalue weighted by Crippen LogP contribution is 2.42. The number of thiocarbonyl (C=S) groups is 1. The maximum Gasteiger partial charge on any atom is 0.226 e. The van der Waals surface area contributed by atoms with E-state index in [-0.39, 0.29) is 11.3 Å². The van der Waals surface area contributed by atoms with Crippen molar-refractivity contribution in [2.75, 3.05) is 6.54 Å². The molecule has 2 fully saturated rings. The van der Waals surface area contributed by atoms with Gasteiger partial charge in [0.05, 0.1) is 11.5 Å². The van der Waals surface area contributed by atoms with Crippen LogP contribution in [0.2, 0.25) is 0 Å². The summed E-state index contributed by atoms with van der Waals surface area (Å²) in [7, 11) is 0. The van der Waals surface area contributed by atoms with Crippen LogP contribution in [0.5, 0.6) is 0 Å². The van der Waals surface area contributed by atoms with E-state index in [0.717, 1.165) is 25.7 Å². The first-order valence-electron chi connectivity index (χ1n) is 8.00. The van der Waals surface area contributed by atoms with Crippen molar-refractivity contribution in [3.05, 3.63) is 0 Å². The van der Waals surface area contributed by atoms with E-state index in [1.807, 2.05) is 4.90 Å². The van der Waals surface area contributed by atoms with E-state index in [0.29, 0.717) is 23.5 Å². The standard InChI is InChI=1S/C16H28N2OS/c1-16(2)10-6-5-9-13(16)15(19)18(11-14(17)20)12-7-3-4-8-12/h12-13H,3-11H2,1-2H3,(H2,17,20). The SMILES string of the molecule is CC1(C)CCCCC1C(=O)N(CC(N)=S)C1CCCC1. The fourth-order valence-electron chi connectivity index (χ4n) is 3.92. The van der Waals surface area contributed by atoms with Gasteiger partial charge in [-0.05, 0) is 31.1 Å². The molecule has 0 aromatic rings. The zero-order valence-electron chi connectivity index (χ0n) is 12.9. The van der Waals surface area contributed by atoms with Crippen LogP contribution in [0.25, 0.3) is 0 Å². The molecule has 3 nitrogen and oxygen atoms in total. The fraction of sp³-hybridized carbons (Fsp3) is 0.875. The molecular formula is C16H28N2OS. The van der Waals surface area contributed by atoms with E-state index >= 15 is 0 Å². The average molecular weight is 296 g/mol. The number of carbonyl (C=O) groups excluding carboxylic acids is 1. The lowest BCUT2D eigenvalue weighted by Crippen LogP contribution is -2.50. The summed E-state index contributed by atoms with van der Waals surface area (Å²) < 4.78 is 0.